The maximum Gasteiger partial charge on any atom is 0.165 e. The van der Waals surface area contributed by atoms with Crippen LogP contribution in [0, 0.1) is 12.7 Å². The molecular weight excluding hydrogens is 257 g/mol. The van der Waals surface area contributed by atoms with Gasteiger partial charge in [-0.25, -0.2) is 4.39 Å². The first-order valence-corrected chi connectivity index (χ1v) is 6.30. The summed E-state index contributed by atoms with van der Waals surface area (Å²) in [6.07, 6.45) is 0. The topological polar surface area (TPSA) is 44.5 Å². The number of benzene rings is 2. The van der Waals surface area contributed by atoms with Gasteiger partial charge in [0.05, 0.1) is 20.3 Å². The van der Waals surface area contributed by atoms with Crippen LogP contribution in [0.3, 0.4) is 0 Å². The zero-order chi connectivity index (χ0) is 14.7. The highest BCUT2D eigenvalue weighted by Crippen LogP contribution is 2.36. The minimum atomic E-state index is -0.477. The standard InChI is InChI=1S/C16H18FNO2/c1-10-7-11(9-12(17)8-10)15(18)13-5-4-6-14(19-2)16(13)20-3/h4-9,15H,18H2,1-3H3. The molecule has 0 spiro atoms. The maximum absolute atomic E-state index is 13.5. The molecule has 0 aliphatic heterocycles. The second-order valence-corrected chi connectivity index (χ2v) is 4.62. The largest absolute Gasteiger partial charge is 0.493 e. The van der Waals surface area contributed by atoms with Crippen molar-refractivity contribution in [3.8, 4) is 11.5 Å². The van der Waals surface area contributed by atoms with Crippen molar-refractivity contribution in [1.82, 2.24) is 0 Å². The predicted molar refractivity (Wildman–Crippen MR) is 76.7 cm³/mol. The van der Waals surface area contributed by atoms with Gasteiger partial charge in [0.25, 0.3) is 0 Å². The third-order valence-electron chi connectivity index (χ3n) is 3.19. The summed E-state index contributed by atoms with van der Waals surface area (Å²) in [5.74, 6) is 0.885. The van der Waals surface area contributed by atoms with Gasteiger partial charge >= 0.3 is 0 Å². The third kappa shape index (κ3) is 2.75. The number of ether oxygens (including phenoxy) is 2. The highest BCUT2D eigenvalue weighted by atomic mass is 19.1. The van der Waals surface area contributed by atoms with E-state index in [0.29, 0.717) is 17.1 Å². The zero-order valence-electron chi connectivity index (χ0n) is 11.8. The summed E-state index contributed by atoms with van der Waals surface area (Å²) in [5.41, 5.74) is 8.55. The van der Waals surface area contributed by atoms with Gasteiger partial charge in [-0.2, -0.15) is 0 Å². The lowest BCUT2D eigenvalue weighted by Crippen LogP contribution is -2.14. The van der Waals surface area contributed by atoms with Crippen molar-refractivity contribution in [3.63, 3.8) is 0 Å². The Morgan fingerprint density at radius 2 is 1.85 bits per heavy atom. The van der Waals surface area contributed by atoms with Gasteiger partial charge in [-0.1, -0.05) is 18.2 Å². The molecule has 0 heterocycles. The van der Waals surface area contributed by atoms with Crippen molar-refractivity contribution >= 4 is 0 Å². The number of para-hydroxylation sites is 1. The lowest BCUT2D eigenvalue weighted by atomic mass is 9.97. The Morgan fingerprint density at radius 3 is 2.45 bits per heavy atom. The van der Waals surface area contributed by atoms with Gasteiger partial charge in [0.15, 0.2) is 11.5 Å². The fraction of sp³-hybridized carbons (Fsp3) is 0.250. The van der Waals surface area contributed by atoms with Crippen LogP contribution in [0.1, 0.15) is 22.7 Å². The van der Waals surface area contributed by atoms with Crippen LogP contribution in [0.2, 0.25) is 0 Å². The molecule has 2 N–H and O–H groups in total. The average molecular weight is 275 g/mol. The first kappa shape index (κ1) is 14.3. The van der Waals surface area contributed by atoms with Crippen LogP contribution in [0.25, 0.3) is 0 Å². The molecule has 0 saturated carbocycles. The van der Waals surface area contributed by atoms with E-state index in [-0.39, 0.29) is 5.82 Å². The van der Waals surface area contributed by atoms with E-state index in [1.807, 2.05) is 25.1 Å². The molecule has 0 aliphatic rings. The van der Waals surface area contributed by atoms with E-state index in [9.17, 15) is 4.39 Å². The van der Waals surface area contributed by atoms with Crippen LogP contribution in [0.4, 0.5) is 4.39 Å². The number of rotatable bonds is 4. The number of aryl methyl sites for hydroxylation is 1. The number of hydrogen-bond donors (Lipinski definition) is 1. The molecule has 2 rings (SSSR count). The number of hydrogen-bond acceptors (Lipinski definition) is 3. The monoisotopic (exact) mass is 275 g/mol. The fourth-order valence-corrected chi connectivity index (χ4v) is 2.28. The number of nitrogens with two attached hydrogens (primary N) is 1. The van der Waals surface area contributed by atoms with Gasteiger partial charge < -0.3 is 15.2 Å². The molecule has 0 bridgehead atoms. The molecule has 3 nitrogen and oxygen atoms in total. The summed E-state index contributed by atoms with van der Waals surface area (Å²) in [4.78, 5) is 0. The molecule has 106 valence electrons. The van der Waals surface area contributed by atoms with Crippen LogP contribution in [-0.2, 0) is 0 Å². The van der Waals surface area contributed by atoms with Crippen LogP contribution in [0.15, 0.2) is 36.4 Å². The number of halogens is 1. The van der Waals surface area contributed by atoms with Gasteiger partial charge in [0.2, 0.25) is 0 Å². The summed E-state index contributed by atoms with van der Waals surface area (Å²) in [6, 6.07) is 9.79. The lowest BCUT2D eigenvalue weighted by molar-refractivity contribution is 0.350. The highest BCUT2D eigenvalue weighted by molar-refractivity contribution is 5.50. The van der Waals surface area contributed by atoms with Crippen molar-refractivity contribution in [2.75, 3.05) is 14.2 Å². The summed E-state index contributed by atoms with van der Waals surface area (Å²) in [7, 11) is 3.13. The first-order valence-electron chi connectivity index (χ1n) is 6.30. The molecule has 0 amide bonds. The van der Waals surface area contributed by atoms with E-state index in [0.717, 1.165) is 11.1 Å². The van der Waals surface area contributed by atoms with Gasteiger partial charge in [-0.3, -0.25) is 0 Å². The van der Waals surface area contributed by atoms with E-state index in [4.69, 9.17) is 15.2 Å². The fourth-order valence-electron chi connectivity index (χ4n) is 2.28. The molecule has 2 aromatic carbocycles. The molecular formula is C16H18FNO2. The Kier molecular flexibility index (Phi) is 4.25. The first-order chi connectivity index (χ1) is 9.56. The van der Waals surface area contributed by atoms with Crippen molar-refractivity contribution in [1.29, 1.82) is 0 Å². The van der Waals surface area contributed by atoms with Crippen molar-refractivity contribution in [2.45, 2.75) is 13.0 Å². The normalized spacial score (nSPS) is 12.1. The summed E-state index contributed by atoms with van der Waals surface area (Å²) in [6.45, 7) is 1.84. The molecule has 0 radical (unpaired) electrons. The maximum atomic E-state index is 13.5. The van der Waals surface area contributed by atoms with Crippen molar-refractivity contribution in [3.05, 3.63) is 58.9 Å². The lowest BCUT2D eigenvalue weighted by Gasteiger charge is -2.18. The van der Waals surface area contributed by atoms with Crippen LogP contribution in [-0.4, -0.2) is 14.2 Å². The molecule has 2 aromatic rings. The Morgan fingerprint density at radius 1 is 1.10 bits per heavy atom. The van der Waals surface area contributed by atoms with E-state index >= 15 is 0 Å². The molecule has 0 aliphatic carbocycles. The zero-order valence-corrected chi connectivity index (χ0v) is 11.8. The van der Waals surface area contributed by atoms with E-state index in [2.05, 4.69) is 0 Å². The third-order valence-corrected chi connectivity index (χ3v) is 3.19. The molecule has 1 atom stereocenters. The predicted octanol–water partition coefficient (Wildman–Crippen LogP) is 3.20. The highest BCUT2D eigenvalue weighted by Gasteiger charge is 2.18. The van der Waals surface area contributed by atoms with Crippen molar-refractivity contribution < 1.29 is 13.9 Å². The Hall–Kier alpha value is -2.07. The molecule has 4 heteroatoms. The molecule has 0 fully saturated rings. The summed E-state index contributed by atoms with van der Waals surface area (Å²) < 4.78 is 24.1. The van der Waals surface area contributed by atoms with Gasteiger partial charge in [0, 0.05) is 5.56 Å². The van der Waals surface area contributed by atoms with Gasteiger partial charge in [0.1, 0.15) is 5.82 Å². The SMILES string of the molecule is COc1cccc(C(N)c2cc(C)cc(F)c2)c1OC. The van der Waals surface area contributed by atoms with E-state index in [1.165, 1.54) is 12.1 Å². The van der Waals surface area contributed by atoms with E-state index < -0.39 is 6.04 Å². The van der Waals surface area contributed by atoms with Gasteiger partial charge in [-0.05, 0) is 36.2 Å². The summed E-state index contributed by atoms with van der Waals surface area (Å²) in [5, 5.41) is 0. The molecule has 1 unspecified atom stereocenters. The Bertz CT molecular complexity index is 593. The molecule has 0 aromatic heterocycles. The smallest absolute Gasteiger partial charge is 0.165 e. The second-order valence-electron chi connectivity index (χ2n) is 4.62. The summed E-state index contributed by atoms with van der Waals surface area (Å²) >= 11 is 0. The van der Waals surface area contributed by atoms with Crippen LogP contribution in [0.5, 0.6) is 11.5 Å². The molecule has 0 saturated heterocycles. The quantitative estimate of drug-likeness (QED) is 0.932. The van der Waals surface area contributed by atoms with Crippen molar-refractivity contribution in [2.24, 2.45) is 5.73 Å². The van der Waals surface area contributed by atoms with Crippen LogP contribution < -0.4 is 15.2 Å². The van der Waals surface area contributed by atoms with Gasteiger partial charge in [-0.15, -0.1) is 0 Å². The second kappa shape index (κ2) is 5.92. The molecule has 20 heavy (non-hydrogen) atoms. The van der Waals surface area contributed by atoms with Crippen LogP contribution >= 0.6 is 0 Å². The number of methoxy groups -OCH3 is 2. The minimum Gasteiger partial charge on any atom is -0.493 e. The van der Waals surface area contributed by atoms with E-state index in [1.54, 1.807) is 20.3 Å². The minimum absolute atomic E-state index is 0.294. The Balaban J connectivity index is 2.50. The Labute approximate surface area is 118 Å². The average Bonchev–Trinajstić information content (AvgIpc) is 2.44.